The highest BCUT2D eigenvalue weighted by atomic mass is 35.5. The summed E-state index contributed by atoms with van der Waals surface area (Å²) >= 11 is 9.93. The van der Waals surface area contributed by atoms with Crippen LogP contribution >= 0.6 is 24.2 Å². The van der Waals surface area contributed by atoms with Crippen LogP contribution in [0.25, 0.3) is 0 Å². The topological polar surface area (TPSA) is 26.3 Å². The van der Waals surface area contributed by atoms with Crippen LogP contribution in [-0.4, -0.2) is 18.3 Å². The summed E-state index contributed by atoms with van der Waals surface area (Å²) in [6.45, 7) is 1.64. The molecule has 0 radical (unpaired) electrons. The van der Waals surface area contributed by atoms with Crippen molar-refractivity contribution in [3.63, 3.8) is 0 Å². The maximum absolute atomic E-state index is 11.6. The molecule has 1 aromatic rings. The number of ketones is 1. The Hall–Kier alpha value is -0.670. The molecule has 0 N–H and O–H groups in total. The normalized spacial score (nSPS) is 12.3. The molecule has 0 aliphatic carbocycles. The Morgan fingerprint density at radius 3 is 2.71 bits per heavy atom. The number of rotatable bonds is 3. The minimum atomic E-state index is -0.548. The molecular formula is C10H11ClO2S. The number of carbonyl (C=O) groups is 1. The van der Waals surface area contributed by atoms with Crippen molar-refractivity contribution in [3.05, 3.63) is 23.8 Å². The third kappa shape index (κ3) is 2.22. The van der Waals surface area contributed by atoms with Crippen LogP contribution in [0, 0.1) is 0 Å². The predicted octanol–water partition coefficient (Wildman–Crippen LogP) is 2.79. The van der Waals surface area contributed by atoms with E-state index in [0.717, 1.165) is 0 Å². The fourth-order valence-corrected chi connectivity index (χ4v) is 1.57. The van der Waals surface area contributed by atoms with Crippen molar-refractivity contribution in [2.45, 2.75) is 17.2 Å². The molecule has 2 nitrogen and oxygen atoms in total. The molecule has 0 saturated heterocycles. The van der Waals surface area contributed by atoms with Gasteiger partial charge in [-0.05, 0) is 19.1 Å². The summed E-state index contributed by atoms with van der Waals surface area (Å²) in [6.07, 6.45) is 0. The van der Waals surface area contributed by atoms with E-state index in [2.05, 4.69) is 12.6 Å². The van der Waals surface area contributed by atoms with Gasteiger partial charge in [-0.2, -0.15) is 0 Å². The Morgan fingerprint density at radius 1 is 1.57 bits per heavy atom. The van der Waals surface area contributed by atoms with Crippen molar-refractivity contribution in [2.75, 3.05) is 7.11 Å². The zero-order valence-corrected chi connectivity index (χ0v) is 9.60. The van der Waals surface area contributed by atoms with Crippen LogP contribution < -0.4 is 4.74 Å². The van der Waals surface area contributed by atoms with E-state index >= 15 is 0 Å². The molecule has 0 saturated carbocycles. The molecule has 1 atom stereocenters. The van der Waals surface area contributed by atoms with E-state index < -0.39 is 5.38 Å². The van der Waals surface area contributed by atoms with E-state index in [1.165, 1.54) is 7.11 Å². The van der Waals surface area contributed by atoms with Gasteiger partial charge >= 0.3 is 0 Å². The van der Waals surface area contributed by atoms with Gasteiger partial charge in [0.15, 0.2) is 5.78 Å². The Labute approximate surface area is 93.6 Å². The van der Waals surface area contributed by atoms with E-state index in [9.17, 15) is 4.79 Å². The van der Waals surface area contributed by atoms with Gasteiger partial charge in [0, 0.05) is 5.56 Å². The van der Waals surface area contributed by atoms with Crippen LogP contribution in [0.1, 0.15) is 17.3 Å². The number of alkyl halides is 1. The van der Waals surface area contributed by atoms with E-state index in [0.29, 0.717) is 16.2 Å². The third-order valence-electron chi connectivity index (χ3n) is 1.85. The van der Waals surface area contributed by atoms with Crippen molar-refractivity contribution in [2.24, 2.45) is 0 Å². The number of carbonyl (C=O) groups excluding carboxylic acids is 1. The second-order valence-corrected chi connectivity index (χ2v) is 3.94. The number of ether oxygens (including phenoxy) is 1. The summed E-state index contributed by atoms with van der Waals surface area (Å²) < 4.78 is 5.04. The molecule has 0 fully saturated rings. The molecular weight excluding hydrogens is 220 g/mol. The number of hydrogen-bond acceptors (Lipinski definition) is 3. The number of benzene rings is 1. The second-order valence-electron chi connectivity index (χ2n) is 2.84. The third-order valence-corrected chi connectivity index (χ3v) is 2.51. The van der Waals surface area contributed by atoms with Crippen molar-refractivity contribution in [3.8, 4) is 5.75 Å². The molecule has 0 spiro atoms. The average molecular weight is 231 g/mol. The molecule has 0 aromatic heterocycles. The minimum Gasteiger partial charge on any atom is -0.496 e. The molecule has 1 rings (SSSR count). The highest BCUT2D eigenvalue weighted by Crippen LogP contribution is 2.27. The van der Waals surface area contributed by atoms with Crippen LogP contribution in [0.5, 0.6) is 5.75 Å². The van der Waals surface area contributed by atoms with E-state index in [4.69, 9.17) is 16.3 Å². The van der Waals surface area contributed by atoms with Crippen molar-refractivity contribution in [1.29, 1.82) is 0 Å². The van der Waals surface area contributed by atoms with E-state index in [1.54, 1.807) is 25.1 Å². The first-order valence-corrected chi connectivity index (χ1v) is 5.00. The monoisotopic (exact) mass is 230 g/mol. The number of Topliss-reactive ketones (excluding diaryl/α,β-unsaturated/α-hetero) is 1. The lowest BCUT2D eigenvalue weighted by Gasteiger charge is -2.09. The molecule has 0 heterocycles. The van der Waals surface area contributed by atoms with Crippen LogP contribution in [0.15, 0.2) is 23.1 Å². The zero-order chi connectivity index (χ0) is 10.7. The van der Waals surface area contributed by atoms with Gasteiger partial charge in [-0.25, -0.2) is 0 Å². The number of thiol groups is 1. The summed E-state index contributed by atoms with van der Waals surface area (Å²) in [7, 11) is 1.54. The van der Waals surface area contributed by atoms with Gasteiger partial charge in [-0.15, -0.1) is 24.2 Å². The van der Waals surface area contributed by atoms with Crippen LogP contribution in [0.3, 0.4) is 0 Å². The SMILES string of the molecule is COc1cccc(C(=O)C(C)Cl)c1S. The van der Waals surface area contributed by atoms with Gasteiger partial charge in [-0.3, -0.25) is 4.79 Å². The van der Waals surface area contributed by atoms with Gasteiger partial charge in [0.25, 0.3) is 0 Å². The quantitative estimate of drug-likeness (QED) is 0.491. The van der Waals surface area contributed by atoms with E-state index in [-0.39, 0.29) is 5.78 Å². The van der Waals surface area contributed by atoms with Gasteiger partial charge in [0.2, 0.25) is 0 Å². The lowest BCUT2D eigenvalue weighted by atomic mass is 10.1. The van der Waals surface area contributed by atoms with Gasteiger partial charge in [0.05, 0.1) is 17.4 Å². The maximum atomic E-state index is 11.6. The highest BCUT2D eigenvalue weighted by molar-refractivity contribution is 7.80. The van der Waals surface area contributed by atoms with Gasteiger partial charge in [0.1, 0.15) is 5.75 Å². The smallest absolute Gasteiger partial charge is 0.181 e. The fraction of sp³-hybridized carbons (Fsp3) is 0.300. The highest BCUT2D eigenvalue weighted by Gasteiger charge is 2.16. The summed E-state index contributed by atoms with van der Waals surface area (Å²) in [5.41, 5.74) is 0.496. The summed E-state index contributed by atoms with van der Waals surface area (Å²) in [5.74, 6) is 0.437. The molecule has 1 unspecified atom stereocenters. The Bertz CT molecular complexity index is 350. The van der Waals surface area contributed by atoms with Gasteiger partial charge in [-0.1, -0.05) is 6.07 Å². The predicted molar refractivity (Wildman–Crippen MR) is 59.9 cm³/mol. The number of hydrogen-bond donors (Lipinski definition) is 1. The standard InChI is InChI=1S/C10H11ClO2S/c1-6(11)9(12)7-4-3-5-8(13-2)10(7)14/h3-6,14H,1-2H3. The lowest BCUT2D eigenvalue weighted by molar-refractivity contribution is 0.0988. The Morgan fingerprint density at radius 2 is 2.21 bits per heavy atom. The number of halogens is 1. The number of methoxy groups -OCH3 is 1. The first-order valence-electron chi connectivity index (χ1n) is 4.12. The van der Waals surface area contributed by atoms with Crippen LogP contribution in [0.2, 0.25) is 0 Å². The molecule has 0 aliphatic heterocycles. The first-order chi connectivity index (χ1) is 6.57. The van der Waals surface area contributed by atoms with Crippen LogP contribution in [0.4, 0.5) is 0 Å². The maximum Gasteiger partial charge on any atom is 0.181 e. The summed E-state index contributed by atoms with van der Waals surface area (Å²) in [6, 6.07) is 5.18. The molecule has 4 heteroatoms. The molecule has 1 aromatic carbocycles. The Balaban J connectivity index is 3.16. The van der Waals surface area contributed by atoms with Crippen molar-refractivity contribution < 1.29 is 9.53 Å². The average Bonchev–Trinajstić information content (AvgIpc) is 2.17. The van der Waals surface area contributed by atoms with Crippen molar-refractivity contribution in [1.82, 2.24) is 0 Å². The molecule has 14 heavy (non-hydrogen) atoms. The molecule has 0 bridgehead atoms. The molecule has 0 aliphatic rings. The second kappa shape index (κ2) is 4.71. The Kier molecular flexibility index (Phi) is 3.84. The lowest BCUT2D eigenvalue weighted by Crippen LogP contribution is -2.11. The molecule has 76 valence electrons. The fourth-order valence-electron chi connectivity index (χ4n) is 1.10. The first kappa shape index (κ1) is 11.4. The largest absolute Gasteiger partial charge is 0.496 e. The minimum absolute atomic E-state index is 0.143. The molecule has 0 amide bonds. The van der Waals surface area contributed by atoms with Crippen molar-refractivity contribution >= 4 is 30.0 Å². The van der Waals surface area contributed by atoms with Crippen LogP contribution in [-0.2, 0) is 0 Å². The summed E-state index contributed by atoms with van der Waals surface area (Å²) in [5, 5.41) is -0.548. The summed E-state index contributed by atoms with van der Waals surface area (Å²) in [4.78, 5) is 12.1. The van der Waals surface area contributed by atoms with E-state index in [1.807, 2.05) is 0 Å². The zero-order valence-electron chi connectivity index (χ0n) is 7.95. The van der Waals surface area contributed by atoms with Gasteiger partial charge < -0.3 is 4.74 Å².